The van der Waals surface area contributed by atoms with Gasteiger partial charge in [0.2, 0.25) is 0 Å². The second-order valence-electron chi connectivity index (χ2n) is 3.23. The summed E-state index contributed by atoms with van der Waals surface area (Å²) in [7, 11) is 0. The lowest BCUT2D eigenvalue weighted by Crippen LogP contribution is -2.17. The summed E-state index contributed by atoms with van der Waals surface area (Å²) < 4.78 is 74.8. The van der Waals surface area contributed by atoms with Gasteiger partial charge in [0.15, 0.2) is 5.82 Å². The average molecular weight is 273 g/mol. The molecule has 0 bridgehead atoms. The molecular formula is C9H5F6NO2. The number of hydrogen-bond donors (Lipinski definition) is 1. The van der Waals surface area contributed by atoms with E-state index in [9.17, 15) is 31.1 Å². The van der Waals surface area contributed by atoms with Gasteiger partial charge in [-0.2, -0.15) is 13.2 Å². The summed E-state index contributed by atoms with van der Waals surface area (Å²) in [6.07, 6.45) is -9.82. The average Bonchev–Trinajstić information content (AvgIpc) is 2.13. The van der Waals surface area contributed by atoms with Crippen LogP contribution in [0.2, 0.25) is 0 Å². The molecule has 1 rings (SSSR count). The Bertz CT molecular complexity index is 471. The Morgan fingerprint density at radius 3 is 2.33 bits per heavy atom. The Kier molecular flexibility index (Phi) is 3.82. The topological polar surface area (TPSA) is 50.2 Å². The van der Waals surface area contributed by atoms with E-state index in [-0.39, 0.29) is 6.07 Å². The Labute approximate surface area is 96.1 Å². The summed E-state index contributed by atoms with van der Waals surface area (Å²) in [6, 6.07) is 0.117. The highest BCUT2D eigenvalue weighted by Gasteiger charge is 2.37. The van der Waals surface area contributed by atoms with Crippen molar-refractivity contribution in [1.29, 1.82) is 0 Å². The number of carbonyl (C=O) groups is 1. The Balaban J connectivity index is 3.42. The molecule has 0 aromatic carbocycles. The van der Waals surface area contributed by atoms with Crippen LogP contribution in [0.15, 0.2) is 6.07 Å². The first-order valence-electron chi connectivity index (χ1n) is 4.39. The highest BCUT2D eigenvalue weighted by molar-refractivity contribution is 5.70. The van der Waals surface area contributed by atoms with Crippen molar-refractivity contribution < 1.29 is 36.2 Å². The van der Waals surface area contributed by atoms with Gasteiger partial charge in [-0.05, 0) is 11.6 Å². The first-order chi connectivity index (χ1) is 8.12. The number of pyridine rings is 1. The zero-order valence-electron chi connectivity index (χ0n) is 8.43. The van der Waals surface area contributed by atoms with Crippen LogP contribution in [-0.4, -0.2) is 16.1 Å². The van der Waals surface area contributed by atoms with Crippen LogP contribution in [0.3, 0.4) is 0 Å². The zero-order chi connectivity index (χ0) is 14.1. The lowest BCUT2D eigenvalue weighted by molar-refractivity contribution is -0.143. The fourth-order valence-electron chi connectivity index (χ4n) is 1.24. The van der Waals surface area contributed by atoms with Crippen LogP contribution in [-0.2, 0) is 17.4 Å². The lowest BCUT2D eigenvalue weighted by Gasteiger charge is -2.12. The van der Waals surface area contributed by atoms with Crippen molar-refractivity contribution in [2.24, 2.45) is 0 Å². The SMILES string of the molecule is O=C(O)Cc1cc(F)c(C(F)F)nc1C(F)(F)F. The zero-order valence-corrected chi connectivity index (χ0v) is 8.43. The van der Waals surface area contributed by atoms with Gasteiger partial charge in [0.25, 0.3) is 6.43 Å². The van der Waals surface area contributed by atoms with E-state index < -0.39 is 47.8 Å². The second kappa shape index (κ2) is 4.83. The molecule has 0 aliphatic carbocycles. The molecule has 0 aliphatic heterocycles. The standard InChI is InChI=1S/C9H5F6NO2/c10-4-1-3(2-5(17)18)7(9(13,14)15)16-6(4)8(11)12/h1,8H,2H2,(H,17,18). The van der Waals surface area contributed by atoms with Gasteiger partial charge in [-0.25, -0.2) is 18.2 Å². The van der Waals surface area contributed by atoms with Crippen molar-refractivity contribution in [3.05, 3.63) is 28.8 Å². The molecule has 3 nitrogen and oxygen atoms in total. The molecular weight excluding hydrogens is 268 g/mol. The molecule has 0 spiro atoms. The maximum absolute atomic E-state index is 13.0. The van der Waals surface area contributed by atoms with Gasteiger partial charge < -0.3 is 5.11 Å². The molecule has 0 amide bonds. The van der Waals surface area contributed by atoms with Gasteiger partial charge in [-0.3, -0.25) is 4.79 Å². The summed E-state index contributed by atoms with van der Waals surface area (Å²) in [4.78, 5) is 12.8. The van der Waals surface area contributed by atoms with Crippen molar-refractivity contribution in [1.82, 2.24) is 4.98 Å². The fraction of sp³-hybridized carbons (Fsp3) is 0.333. The molecule has 0 aliphatic rings. The minimum Gasteiger partial charge on any atom is -0.481 e. The predicted molar refractivity (Wildman–Crippen MR) is 45.5 cm³/mol. The summed E-state index contributed by atoms with van der Waals surface area (Å²) in [5, 5.41) is 8.36. The van der Waals surface area contributed by atoms with Crippen molar-refractivity contribution in [2.75, 3.05) is 0 Å². The normalized spacial score (nSPS) is 11.9. The van der Waals surface area contributed by atoms with Crippen LogP contribution in [0.25, 0.3) is 0 Å². The number of alkyl halides is 5. The van der Waals surface area contributed by atoms with E-state index in [0.717, 1.165) is 0 Å². The third kappa shape index (κ3) is 3.11. The summed E-state index contributed by atoms with van der Waals surface area (Å²) >= 11 is 0. The molecule has 0 atom stereocenters. The molecule has 1 N–H and O–H groups in total. The van der Waals surface area contributed by atoms with E-state index >= 15 is 0 Å². The first kappa shape index (κ1) is 14.3. The largest absolute Gasteiger partial charge is 0.481 e. The molecule has 1 aromatic rings. The van der Waals surface area contributed by atoms with E-state index in [4.69, 9.17) is 5.11 Å². The Morgan fingerprint density at radius 1 is 1.39 bits per heavy atom. The second-order valence-corrected chi connectivity index (χ2v) is 3.23. The van der Waals surface area contributed by atoms with Crippen LogP contribution < -0.4 is 0 Å². The number of hydrogen-bond acceptors (Lipinski definition) is 2. The van der Waals surface area contributed by atoms with Crippen molar-refractivity contribution in [2.45, 2.75) is 19.0 Å². The fourth-order valence-corrected chi connectivity index (χ4v) is 1.24. The quantitative estimate of drug-likeness (QED) is 0.861. The van der Waals surface area contributed by atoms with Gasteiger partial charge in [-0.1, -0.05) is 0 Å². The highest BCUT2D eigenvalue weighted by atomic mass is 19.4. The maximum atomic E-state index is 13.0. The minimum atomic E-state index is -5.14. The van der Waals surface area contributed by atoms with Crippen molar-refractivity contribution in [3.8, 4) is 0 Å². The summed E-state index contributed by atoms with van der Waals surface area (Å²) in [6.45, 7) is 0. The van der Waals surface area contributed by atoms with Crippen molar-refractivity contribution in [3.63, 3.8) is 0 Å². The summed E-state index contributed by atoms with van der Waals surface area (Å²) in [5.74, 6) is -3.33. The maximum Gasteiger partial charge on any atom is 0.433 e. The predicted octanol–water partition coefficient (Wildman–Crippen LogP) is 2.80. The molecule has 1 aromatic heterocycles. The van der Waals surface area contributed by atoms with Gasteiger partial charge in [0, 0.05) is 0 Å². The number of aliphatic carboxylic acids is 1. The van der Waals surface area contributed by atoms with Crippen LogP contribution in [0.1, 0.15) is 23.4 Å². The molecule has 1 heterocycles. The van der Waals surface area contributed by atoms with E-state index in [1.54, 1.807) is 0 Å². The molecule has 9 heteroatoms. The molecule has 0 radical (unpaired) electrons. The number of nitrogens with zero attached hydrogens (tertiary/aromatic N) is 1. The van der Waals surface area contributed by atoms with Crippen molar-refractivity contribution >= 4 is 5.97 Å². The monoisotopic (exact) mass is 273 g/mol. The number of carboxylic acids is 1. The summed E-state index contributed by atoms with van der Waals surface area (Å²) in [5.41, 5.74) is -4.48. The Hall–Kier alpha value is -1.80. The first-order valence-corrected chi connectivity index (χ1v) is 4.39. The third-order valence-electron chi connectivity index (χ3n) is 1.90. The molecule has 0 saturated carbocycles. The van der Waals surface area contributed by atoms with Crippen LogP contribution >= 0.6 is 0 Å². The van der Waals surface area contributed by atoms with Gasteiger partial charge in [0.1, 0.15) is 11.4 Å². The van der Waals surface area contributed by atoms with E-state index in [1.807, 2.05) is 0 Å². The number of rotatable bonds is 3. The number of carboxylic acid groups (broad SMARTS) is 1. The van der Waals surface area contributed by atoms with Crippen LogP contribution in [0.5, 0.6) is 0 Å². The highest BCUT2D eigenvalue weighted by Crippen LogP contribution is 2.33. The molecule has 0 fully saturated rings. The van der Waals surface area contributed by atoms with E-state index in [2.05, 4.69) is 4.98 Å². The van der Waals surface area contributed by atoms with E-state index in [1.165, 1.54) is 0 Å². The van der Waals surface area contributed by atoms with Gasteiger partial charge >= 0.3 is 12.1 Å². The third-order valence-corrected chi connectivity index (χ3v) is 1.90. The van der Waals surface area contributed by atoms with Gasteiger partial charge in [0.05, 0.1) is 6.42 Å². The smallest absolute Gasteiger partial charge is 0.433 e. The molecule has 0 unspecified atom stereocenters. The molecule has 100 valence electrons. The lowest BCUT2D eigenvalue weighted by atomic mass is 10.1. The van der Waals surface area contributed by atoms with E-state index in [0.29, 0.717) is 0 Å². The molecule has 0 saturated heterocycles. The molecule has 18 heavy (non-hydrogen) atoms. The number of aromatic nitrogens is 1. The van der Waals surface area contributed by atoms with Crippen LogP contribution in [0.4, 0.5) is 26.3 Å². The Morgan fingerprint density at radius 2 is 1.94 bits per heavy atom. The van der Waals surface area contributed by atoms with Crippen LogP contribution in [0, 0.1) is 5.82 Å². The minimum absolute atomic E-state index is 0.117. The number of halogens is 6. The van der Waals surface area contributed by atoms with Gasteiger partial charge in [-0.15, -0.1) is 0 Å².